The normalized spacial score (nSPS) is 34.7. The summed E-state index contributed by atoms with van der Waals surface area (Å²) in [7, 11) is 1.54. The number of esters is 1. The molecule has 52 valence electrons. The molecule has 0 aromatic heterocycles. The first-order valence-electron chi connectivity index (χ1n) is 2.93. The van der Waals surface area contributed by atoms with Crippen molar-refractivity contribution in [2.75, 3.05) is 7.11 Å². The highest BCUT2D eigenvalue weighted by molar-refractivity contribution is 5.71. The minimum Gasteiger partial charge on any atom is -0.433 e. The Morgan fingerprint density at radius 3 is 2.67 bits per heavy atom. The summed E-state index contributed by atoms with van der Waals surface area (Å²) in [4.78, 5) is 10.5. The second kappa shape index (κ2) is 1.99. The maximum atomic E-state index is 10.5. The molecule has 0 aromatic carbocycles. The Labute approximate surface area is 53.9 Å². The zero-order chi connectivity index (χ0) is 6.91. The van der Waals surface area contributed by atoms with Crippen LogP contribution in [0, 0.1) is 0 Å². The zero-order valence-electron chi connectivity index (χ0n) is 5.64. The maximum Gasteiger partial charge on any atom is 0.308 e. The van der Waals surface area contributed by atoms with Gasteiger partial charge in [0.2, 0.25) is 5.79 Å². The van der Waals surface area contributed by atoms with Crippen molar-refractivity contribution in [1.29, 1.82) is 0 Å². The van der Waals surface area contributed by atoms with Gasteiger partial charge in [-0.3, -0.25) is 4.79 Å². The van der Waals surface area contributed by atoms with E-state index >= 15 is 0 Å². The van der Waals surface area contributed by atoms with Crippen molar-refractivity contribution < 1.29 is 14.3 Å². The van der Waals surface area contributed by atoms with E-state index in [0.717, 1.165) is 0 Å². The summed E-state index contributed by atoms with van der Waals surface area (Å²) in [6.07, 6.45) is 1.15. The second-order valence-electron chi connectivity index (χ2n) is 2.31. The van der Waals surface area contributed by atoms with Crippen LogP contribution in [0.2, 0.25) is 0 Å². The van der Waals surface area contributed by atoms with E-state index in [1.807, 2.05) is 0 Å². The molecule has 0 radical (unpaired) electrons. The molecule has 0 aliphatic carbocycles. The fourth-order valence-corrected chi connectivity index (χ4v) is 0.816. The lowest BCUT2D eigenvalue weighted by Crippen LogP contribution is -2.25. The smallest absolute Gasteiger partial charge is 0.308 e. The summed E-state index contributed by atoms with van der Waals surface area (Å²) < 4.78 is 9.76. The summed E-state index contributed by atoms with van der Waals surface area (Å²) in [5.41, 5.74) is 0. The van der Waals surface area contributed by atoms with Crippen LogP contribution in [0.3, 0.4) is 0 Å². The van der Waals surface area contributed by atoms with Gasteiger partial charge < -0.3 is 9.47 Å². The van der Waals surface area contributed by atoms with E-state index < -0.39 is 5.79 Å². The molecule has 0 spiro atoms. The SMILES string of the molecule is CO[C@]1(C)CCC(=O)O1. The van der Waals surface area contributed by atoms with E-state index in [1.165, 1.54) is 0 Å². The van der Waals surface area contributed by atoms with E-state index in [4.69, 9.17) is 9.47 Å². The Balaban J connectivity index is 2.54. The van der Waals surface area contributed by atoms with Crippen LogP contribution >= 0.6 is 0 Å². The Bertz CT molecular complexity index is 132. The molecular weight excluding hydrogens is 120 g/mol. The lowest BCUT2D eigenvalue weighted by molar-refractivity contribution is -0.192. The van der Waals surface area contributed by atoms with Crippen LogP contribution in [0.25, 0.3) is 0 Å². The van der Waals surface area contributed by atoms with Crippen molar-refractivity contribution in [1.82, 2.24) is 0 Å². The van der Waals surface area contributed by atoms with Gasteiger partial charge in [0.15, 0.2) is 0 Å². The Kier molecular flexibility index (Phi) is 1.45. The number of ether oxygens (including phenoxy) is 2. The molecule has 0 N–H and O–H groups in total. The topological polar surface area (TPSA) is 35.5 Å². The van der Waals surface area contributed by atoms with Gasteiger partial charge in [0.25, 0.3) is 0 Å². The number of methoxy groups -OCH3 is 1. The monoisotopic (exact) mass is 130 g/mol. The molecule has 0 bridgehead atoms. The third-order valence-corrected chi connectivity index (χ3v) is 1.54. The van der Waals surface area contributed by atoms with E-state index in [2.05, 4.69) is 0 Å². The molecule has 0 amide bonds. The Morgan fingerprint density at radius 1 is 1.78 bits per heavy atom. The molecule has 3 nitrogen and oxygen atoms in total. The van der Waals surface area contributed by atoms with Gasteiger partial charge in [-0.2, -0.15) is 0 Å². The Hall–Kier alpha value is -0.570. The molecule has 1 fully saturated rings. The number of carbonyl (C=O) groups excluding carboxylic acids is 1. The molecule has 0 saturated carbocycles. The first kappa shape index (κ1) is 6.55. The summed E-state index contributed by atoms with van der Waals surface area (Å²) in [6, 6.07) is 0. The molecule has 3 heteroatoms. The fraction of sp³-hybridized carbons (Fsp3) is 0.833. The van der Waals surface area contributed by atoms with Crippen LogP contribution in [0.4, 0.5) is 0 Å². The van der Waals surface area contributed by atoms with Crippen molar-refractivity contribution in [2.24, 2.45) is 0 Å². The highest BCUT2D eigenvalue weighted by atomic mass is 16.7. The number of cyclic esters (lactones) is 1. The quantitative estimate of drug-likeness (QED) is 0.490. The predicted molar refractivity (Wildman–Crippen MR) is 30.7 cm³/mol. The van der Waals surface area contributed by atoms with Gasteiger partial charge in [-0.1, -0.05) is 0 Å². The maximum absolute atomic E-state index is 10.5. The summed E-state index contributed by atoms with van der Waals surface area (Å²) in [5, 5.41) is 0. The highest BCUT2D eigenvalue weighted by Gasteiger charge is 2.35. The van der Waals surface area contributed by atoms with Crippen LogP contribution in [-0.4, -0.2) is 18.9 Å². The molecule has 1 saturated heterocycles. The fourth-order valence-electron chi connectivity index (χ4n) is 0.816. The van der Waals surface area contributed by atoms with Crippen LogP contribution in [0.1, 0.15) is 19.8 Å². The molecule has 1 aliphatic heterocycles. The number of carbonyl (C=O) groups is 1. The third kappa shape index (κ3) is 1.21. The van der Waals surface area contributed by atoms with Crippen LogP contribution in [-0.2, 0) is 14.3 Å². The standard InChI is InChI=1S/C6H10O3/c1-6(8-2)4-3-5(7)9-6/h3-4H2,1-2H3/t6-/m0/s1. The van der Waals surface area contributed by atoms with E-state index in [9.17, 15) is 4.79 Å². The van der Waals surface area contributed by atoms with Crippen molar-refractivity contribution in [3.05, 3.63) is 0 Å². The van der Waals surface area contributed by atoms with Gasteiger partial charge in [-0.15, -0.1) is 0 Å². The van der Waals surface area contributed by atoms with Crippen molar-refractivity contribution in [2.45, 2.75) is 25.6 Å². The summed E-state index contributed by atoms with van der Waals surface area (Å²) in [5.74, 6) is -0.809. The lowest BCUT2D eigenvalue weighted by Gasteiger charge is -2.19. The van der Waals surface area contributed by atoms with Gasteiger partial charge in [0, 0.05) is 20.5 Å². The predicted octanol–water partition coefficient (Wildman–Crippen LogP) is 0.686. The van der Waals surface area contributed by atoms with Gasteiger partial charge >= 0.3 is 5.97 Å². The first-order chi connectivity index (χ1) is 4.16. The zero-order valence-corrected chi connectivity index (χ0v) is 5.64. The van der Waals surface area contributed by atoms with Crippen LogP contribution in [0.5, 0.6) is 0 Å². The van der Waals surface area contributed by atoms with E-state index in [-0.39, 0.29) is 5.97 Å². The molecule has 0 aromatic rings. The van der Waals surface area contributed by atoms with Gasteiger partial charge in [-0.25, -0.2) is 0 Å². The Morgan fingerprint density at radius 2 is 2.44 bits per heavy atom. The third-order valence-electron chi connectivity index (χ3n) is 1.54. The van der Waals surface area contributed by atoms with Crippen LogP contribution in [0.15, 0.2) is 0 Å². The van der Waals surface area contributed by atoms with Gasteiger partial charge in [-0.05, 0) is 0 Å². The van der Waals surface area contributed by atoms with E-state index in [0.29, 0.717) is 12.8 Å². The molecular formula is C6H10O3. The minimum absolute atomic E-state index is 0.167. The average molecular weight is 130 g/mol. The number of hydrogen-bond donors (Lipinski definition) is 0. The highest BCUT2D eigenvalue weighted by Crippen LogP contribution is 2.25. The summed E-state index contributed by atoms with van der Waals surface area (Å²) in [6.45, 7) is 1.76. The van der Waals surface area contributed by atoms with Gasteiger partial charge in [0.05, 0.1) is 6.42 Å². The second-order valence-corrected chi connectivity index (χ2v) is 2.31. The first-order valence-corrected chi connectivity index (χ1v) is 2.93. The lowest BCUT2D eigenvalue weighted by atomic mass is 10.2. The largest absolute Gasteiger partial charge is 0.433 e. The molecule has 9 heavy (non-hydrogen) atoms. The molecule has 1 rings (SSSR count). The molecule has 1 aliphatic rings. The van der Waals surface area contributed by atoms with Crippen LogP contribution < -0.4 is 0 Å². The molecule has 1 heterocycles. The number of rotatable bonds is 1. The van der Waals surface area contributed by atoms with Gasteiger partial charge in [0.1, 0.15) is 0 Å². The van der Waals surface area contributed by atoms with Crippen molar-refractivity contribution in [3.8, 4) is 0 Å². The van der Waals surface area contributed by atoms with Crippen molar-refractivity contribution >= 4 is 5.97 Å². The number of hydrogen-bond acceptors (Lipinski definition) is 3. The summed E-state index contributed by atoms with van der Waals surface area (Å²) >= 11 is 0. The van der Waals surface area contributed by atoms with E-state index in [1.54, 1.807) is 14.0 Å². The average Bonchev–Trinajstić information content (AvgIpc) is 2.13. The molecule has 1 atom stereocenters. The van der Waals surface area contributed by atoms with Crippen molar-refractivity contribution in [3.63, 3.8) is 0 Å². The minimum atomic E-state index is -0.642. The molecule has 0 unspecified atom stereocenters.